The summed E-state index contributed by atoms with van der Waals surface area (Å²) in [5, 5.41) is 26.1. The molecule has 0 aromatic heterocycles. The minimum Gasteiger partial charge on any atom is -0.507 e. The van der Waals surface area contributed by atoms with Gasteiger partial charge < -0.3 is 31.3 Å². The normalized spacial score (nSPS) is 27.4. The molecule has 3 atom stereocenters. The van der Waals surface area contributed by atoms with Crippen LogP contribution in [0.1, 0.15) is 27.9 Å². The Bertz CT molecular complexity index is 1210. The van der Waals surface area contributed by atoms with Gasteiger partial charge in [-0.2, -0.15) is 0 Å². The molecular formula is C21H18ClF2N3O6. The number of nitrogens with one attached hydrogen (secondary N) is 2. The molecule has 1 aromatic carbocycles. The number of phenols is 1. The van der Waals surface area contributed by atoms with Gasteiger partial charge in [0.05, 0.1) is 18.2 Å². The molecule has 1 spiro atoms. The van der Waals surface area contributed by atoms with Crippen molar-refractivity contribution in [2.45, 2.75) is 37.5 Å². The molecule has 2 aliphatic carbocycles. The van der Waals surface area contributed by atoms with Crippen molar-refractivity contribution in [3.05, 3.63) is 50.6 Å². The Labute approximate surface area is 190 Å². The third-order valence-corrected chi connectivity index (χ3v) is 7.00. The fraction of sp³-hybridized carbons (Fsp3) is 0.381. The Kier molecular flexibility index (Phi) is 4.70. The summed E-state index contributed by atoms with van der Waals surface area (Å²) in [6.45, 7) is -0.590. The number of primary amides is 1. The van der Waals surface area contributed by atoms with Crippen molar-refractivity contribution in [1.82, 2.24) is 10.6 Å². The van der Waals surface area contributed by atoms with Crippen LogP contribution in [0, 0.1) is 5.92 Å². The van der Waals surface area contributed by atoms with Crippen LogP contribution >= 0.6 is 11.6 Å². The van der Waals surface area contributed by atoms with E-state index < -0.39 is 59.5 Å². The maximum Gasteiger partial charge on any atom is 0.257 e. The average molecular weight is 482 g/mol. The van der Waals surface area contributed by atoms with Gasteiger partial charge in [0.2, 0.25) is 17.3 Å². The maximum atomic E-state index is 13.4. The fourth-order valence-electron chi connectivity index (χ4n) is 5.10. The molecule has 0 unspecified atom stereocenters. The van der Waals surface area contributed by atoms with Crippen molar-refractivity contribution in [2.24, 2.45) is 11.7 Å². The number of ketones is 2. The van der Waals surface area contributed by atoms with Crippen LogP contribution in [0.3, 0.4) is 0 Å². The van der Waals surface area contributed by atoms with Crippen LogP contribution in [-0.2, 0) is 27.3 Å². The summed E-state index contributed by atoms with van der Waals surface area (Å²) in [5.41, 5.74) is 3.89. The molecule has 6 N–H and O–H groups in total. The molecular weight excluding hydrogens is 464 g/mol. The number of aromatic hydroxyl groups is 1. The number of benzene rings is 1. The molecule has 174 valence electrons. The third kappa shape index (κ3) is 2.95. The number of aliphatic hydroxyl groups is 1. The molecule has 2 aliphatic heterocycles. The Balaban J connectivity index is 1.54. The van der Waals surface area contributed by atoms with Crippen molar-refractivity contribution in [1.29, 1.82) is 0 Å². The van der Waals surface area contributed by atoms with E-state index in [-0.39, 0.29) is 47.1 Å². The predicted octanol–water partition coefficient (Wildman–Crippen LogP) is 0.978. The van der Waals surface area contributed by atoms with E-state index in [0.717, 1.165) is 0 Å². The molecule has 1 aromatic rings. The summed E-state index contributed by atoms with van der Waals surface area (Å²) in [7, 11) is 0. The number of fused-ring (bicyclic) bond motifs is 2. The number of hydrogen-bond donors (Lipinski definition) is 5. The lowest BCUT2D eigenvalue weighted by molar-refractivity contribution is -0.126. The number of epoxide rings is 1. The van der Waals surface area contributed by atoms with E-state index in [1.165, 1.54) is 6.07 Å². The van der Waals surface area contributed by atoms with Gasteiger partial charge in [-0.25, -0.2) is 8.78 Å². The first-order valence-corrected chi connectivity index (χ1v) is 10.5. The number of aliphatic hydroxyl groups excluding tert-OH is 1. The van der Waals surface area contributed by atoms with Gasteiger partial charge in [0.15, 0.2) is 11.5 Å². The first-order valence-electron chi connectivity index (χ1n) is 10.1. The maximum absolute atomic E-state index is 13.4. The monoisotopic (exact) mass is 481 g/mol. The summed E-state index contributed by atoms with van der Waals surface area (Å²) in [5.74, 6) is -3.89. The highest BCUT2D eigenvalue weighted by atomic mass is 35.5. The second-order valence-electron chi connectivity index (χ2n) is 8.40. The molecule has 1 saturated heterocycles. The average Bonchev–Trinajstić information content (AvgIpc) is 3.47. The second-order valence-corrected chi connectivity index (χ2v) is 8.78. The topological polar surface area (TPSA) is 154 Å². The van der Waals surface area contributed by atoms with Crippen LogP contribution in [0.4, 0.5) is 8.78 Å². The first-order chi connectivity index (χ1) is 15.6. The number of Topliss-reactive ketones (excluding diaryl/α,β-unsaturated/α-hetero) is 2. The molecule has 33 heavy (non-hydrogen) atoms. The zero-order chi connectivity index (χ0) is 23.8. The summed E-state index contributed by atoms with van der Waals surface area (Å²) >= 11 is 6.49. The Morgan fingerprint density at radius 3 is 2.79 bits per heavy atom. The number of ether oxygens (including phenoxy) is 1. The predicted molar refractivity (Wildman–Crippen MR) is 109 cm³/mol. The van der Waals surface area contributed by atoms with E-state index in [2.05, 4.69) is 10.6 Å². The van der Waals surface area contributed by atoms with Crippen LogP contribution in [0.2, 0.25) is 5.02 Å². The molecule has 0 saturated carbocycles. The minimum atomic E-state index is -2.56. The van der Waals surface area contributed by atoms with Gasteiger partial charge in [-0.1, -0.05) is 11.6 Å². The number of phenolic OH excluding ortho intramolecular Hbond substituents is 1. The molecule has 9 nitrogen and oxygen atoms in total. The Morgan fingerprint density at radius 1 is 1.39 bits per heavy atom. The first kappa shape index (κ1) is 21.7. The van der Waals surface area contributed by atoms with Crippen molar-refractivity contribution >= 4 is 29.1 Å². The van der Waals surface area contributed by atoms with E-state index in [1.54, 1.807) is 0 Å². The lowest BCUT2D eigenvalue weighted by Crippen LogP contribution is -2.56. The quantitative estimate of drug-likeness (QED) is 0.308. The molecule has 2 heterocycles. The number of nitrogens with two attached hydrogens (primary N) is 1. The molecule has 4 aliphatic rings. The third-order valence-electron chi connectivity index (χ3n) is 6.53. The highest BCUT2D eigenvalue weighted by molar-refractivity contribution is 6.33. The molecule has 1 amide bonds. The van der Waals surface area contributed by atoms with Crippen molar-refractivity contribution in [3.63, 3.8) is 0 Å². The minimum absolute atomic E-state index is 0.0315. The van der Waals surface area contributed by atoms with Gasteiger partial charge in [-0.15, -0.1) is 0 Å². The largest absolute Gasteiger partial charge is 0.507 e. The van der Waals surface area contributed by atoms with E-state index in [1.807, 2.05) is 0 Å². The molecule has 12 heteroatoms. The summed E-state index contributed by atoms with van der Waals surface area (Å²) in [6.07, 6.45) is -2.15. The number of amides is 1. The summed E-state index contributed by atoms with van der Waals surface area (Å²) in [6, 6.07) is 0.506. The number of carbonyl (C=O) groups is 3. The lowest BCUT2D eigenvalue weighted by atomic mass is 9.67. The highest BCUT2D eigenvalue weighted by Crippen LogP contribution is 2.59. The van der Waals surface area contributed by atoms with Crippen molar-refractivity contribution < 1.29 is 38.1 Å². The second kappa shape index (κ2) is 7.16. The van der Waals surface area contributed by atoms with E-state index in [0.29, 0.717) is 11.1 Å². The number of hydrogen-bond acceptors (Lipinski definition) is 8. The molecule has 5 rings (SSSR count). The Morgan fingerprint density at radius 2 is 2.12 bits per heavy atom. The van der Waals surface area contributed by atoms with Gasteiger partial charge in [-0.3, -0.25) is 14.4 Å². The van der Waals surface area contributed by atoms with Crippen LogP contribution in [0.15, 0.2) is 28.9 Å². The number of carbonyl (C=O) groups excluding carboxylic acids is 3. The van der Waals surface area contributed by atoms with Gasteiger partial charge >= 0.3 is 0 Å². The number of alkyl halides is 2. The van der Waals surface area contributed by atoms with Gasteiger partial charge in [0.1, 0.15) is 11.3 Å². The van der Waals surface area contributed by atoms with Crippen LogP contribution in [-0.4, -0.2) is 52.3 Å². The highest BCUT2D eigenvalue weighted by Gasteiger charge is 2.73. The molecule has 1 fully saturated rings. The van der Waals surface area contributed by atoms with E-state index in [9.17, 15) is 33.4 Å². The summed E-state index contributed by atoms with van der Waals surface area (Å²) in [4.78, 5) is 38.0. The zero-order valence-electron chi connectivity index (χ0n) is 16.9. The smallest absolute Gasteiger partial charge is 0.257 e. The van der Waals surface area contributed by atoms with Crippen LogP contribution in [0.25, 0.3) is 0 Å². The van der Waals surface area contributed by atoms with E-state index in [4.69, 9.17) is 22.1 Å². The van der Waals surface area contributed by atoms with Crippen LogP contribution < -0.4 is 16.4 Å². The number of allylic oxidation sites excluding steroid dienone is 1. The number of rotatable bonds is 5. The van der Waals surface area contributed by atoms with Crippen LogP contribution in [0.5, 0.6) is 5.75 Å². The zero-order valence-corrected chi connectivity index (χ0v) is 17.6. The standard InChI is InChI=1S/C21H18ClF2N3O6/c22-15-7(4-26-5-11(23)24)2-9(28)13-8(15)1-6-3-10-21(18(33-21)12(6)16(13)29)17(30)14(19(25)31)20(32)27-10/h2,6,10-11,26-28,32H,1,3-5H2,(H2,25,31)/t6-,10+,21+/m0/s1. The van der Waals surface area contributed by atoms with Gasteiger partial charge in [0.25, 0.3) is 12.3 Å². The van der Waals surface area contributed by atoms with Crippen molar-refractivity contribution in [2.75, 3.05) is 6.54 Å². The molecule has 0 bridgehead atoms. The van der Waals surface area contributed by atoms with Gasteiger partial charge in [0, 0.05) is 17.1 Å². The molecule has 0 radical (unpaired) electrons. The van der Waals surface area contributed by atoms with Gasteiger partial charge in [-0.05, 0) is 36.0 Å². The van der Waals surface area contributed by atoms with Crippen molar-refractivity contribution in [3.8, 4) is 5.75 Å². The number of halogens is 3. The fourth-order valence-corrected chi connectivity index (χ4v) is 5.40. The van der Waals surface area contributed by atoms with E-state index >= 15 is 0 Å². The lowest BCUT2D eigenvalue weighted by Gasteiger charge is -2.36. The summed E-state index contributed by atoms with van der Waals surface area (Å²) < 4.78 is 30.5. The Hall–Kier alpha value is -3.18. The SMILES string of the molecule is NC(=O)C1=C(O)N[C@@H]2C[C@@H]3Cc4c(Cl)c(CNCC(F)F)cc(O)c4C(=O)C3=C3O[C@]32C1=O.